The maximum atomic E-state index is 2.49. The standard InChI is InChI=1S/C51H34/c1-51(2)46-22-11-10-17-36(46)37-25-24-33(30-47(37)51)48-39-18-8-9-19-40(39)50(44-26-23-32(29-45(44)48)31-13-4-3-5-14-31)43-28-27-42-35-16-7-6-15-34(35)38-20-12-21-41(43)49(38)42/h3-30H,1-2H3. The fourth-order valence-corrected chi connectivity index (χ4v) is 9.48. The van der Waals surface area contributed by atoms with Crippen LogP contribution in [0.3, 0.4) is 0 Å². The van der Waals surface area contributed by atoms with Gasteiger partial charge < -0.3 is 0 Å². The minimum atomic E-state index is -0.0785. The van der Waals surface area contributed by atoms with Gasteiger partial charge in [0.15, 0.2) is 0 Å². The van der Waals surface area contributed by atoms with E-state index in [4.69, 9.17) is 0 Å². The van der Waals surface area contributed by atoms with Crippen molar-refractivity contribution >= 4 is 32.3 Å². The highest BCUT2D eigenvalue weighted by Crippen LogP contribution is 2.54. The van der Waals surface area contributed by atoms with Crippen molar-refractivity contribution in [2.75, 3.05) is 0 Å². The number of fused-ring (bicyclic) bond motifs is 8. The summed E-state index contributed by atoms with van der Waals surface area (Å²) in [4.78, 5) is 0. The molecule has 0 heteroatoms. The molecule has 2 aliphatic carbocycles. The van der Waals surface area contributed by atoms with Crippen LogP contribution < -0.4 is 0 Å². The number of benzene rings is 9. The Kier molecular flexibility index (Phi) is 5.82. The topological polar surface area (TPSA) is 0 Å². The van der Waals surface area contributed by atoms with Crippen LogP contribution in [0, 0.1) is 0 Å². The van der Waals surface area contributed by atoms with E-state index in [1.165, 1.54) is 110 Å². The van der Waals surface area contributed by atoms with Crippen molar-refractivity contribution in [3.05, 3.63) is 181 Å². The van der Waals surface area contributed by atoms with Gasteiger partial charge in [-0.25, -0.2) is 0 Å². The van der Waals surface area contributed by atoms with Crippen LogP contribution in [0.4, 0.5) is 0 Å². The molecule has 0 saturated carbocycles. The van der Waals surface area contributed by atoms with E-state index in [1.807, 2.05) is 0 Å². The van der Waals surface area contributed by atoms with Gasteiger partial charge >= 0.3 is 0 Å². The summed E-state index contributed by atoms with van der Waals surface area (Å²) in [7, 11) is 0. The molecule has 0 N–H and O–H groups in total. The average molecular weight is 647 g/mol. The molecular weight excluding hydrogens is 613 g/mol. The minimum absolute atomic E-state index is 0.0785. The number of rotatable bonds is 3. The van der Waals surface area contributed by atoms with Crippen LogP contribution in [-0.4, -0.2) is 0 Å². The molecule has 51 heavy (non-hydrogen) atoms. The van der Waals surface area contributed by atoms with Crippen LogP contribution in [-0.2, 0) is 5.41 Å². The normalized spacial score (nSPS) is 13.5. The van der Waals surface area contributed by atoms with Gasteiger partial charge in [-0.05, 0) is 122 Å². The Bertz CT molecular complexity index is 2890. The van der Waals surface area contributed by atoms with Gasteiger partial charge in [-0.1, -0.05) is 172 Å². The zero-order chi connectivity index (χ0) is 33.8. The fourth-order valence-electron chi connectivity index (χ4n) is 9.48. The molecule has 0 heterocycles. The molecule has 0 spiro atoms. The largest absolute Gasteiger partial charge is 0.0622 e. The van der Waals surface area contributed by atoms with Crippen molar-refractivity contribution in [3.8, 4) is 66.8 Å². The average Bonchev–Trinajstić information content (AvgIpc) is 3.63. The van der Waals surface area contributed by atoms with Crippen LogP contribution in [0.1, 0.15) is 25.0 Å². The highest BCUT2D eigenvalue weighted by Gasteiger charge is 2.35. The van der Waals surface area contributed by atoms with Crippen LogP contribution in [0.25, 0.3) is 99.1 Å². The van der Waals surface area contributed by atoms with Crippen molar-refractivity contribution in [3.63, 3.8) is 0 Å². The van der Waals surface area contributed by atoms with Crippen molar-refractivity contribution in [2.24, 2.45) is 0 Å². The maximum absolute atomic E-state index is 2.49. The molecule has 0 saturated heterocycles. The summed E-state index contributed by atoms with van der Waals surface area (Å²) >= 11 is 0. The maximum Gasteiger partial charge on any atom is 0.0159 e. The second-order valence-electron chi connectivity index (χ2n) is 14.8. The van der Waals surface area contributed by atoms with Gasteiger partial charge in [-0.3, -0.25) is 0 Å². The molecule has 9 aromatic rings. The lowest BCUT2D eigenvalue weighted by Gasteiger charge is -2.23. The lowest BCUT2D eigenvalue weighted by atomic mass is 9.80. The molecule has 0 aromatic heterocycles. The predicted molar refractivity (Wildman–Crippen MR) is 217 cm³/mol. The molecule has 2 aliphatic rings. The lowest BCUT2D eigenvalue weighted by Crippen LogP contribution is -2.14. The molecule has 0 nitrogen and oxygen atoms in total. The summed E-state index contributed by atoms with van der Waals surface area (Å²) in [6.45, 7) is 4.75. The molecule has 0 aliphatic heterocycles. The second kappa shape index (κ2) is 10.4. The van der Waals surface area contributed by atoms with E-state index in [0.717, 1.165) is 0 Å². The SMILES string of the molecule is CC1(C)c2ccccc2-c2ccc(-c3c4ccccc4c(-c4ccc5c6c(cccc46)-c4ccccc4-5)c4ccc(-c5ccccc5)cc34)cc21. The van der Waals surface area contributed by atoms with Crippen molar-refractivity contribution < 1.29 is 0 Å². The Labute approximate surface area is 298 Å². The number of hydrogen-bond acceptors (Lipinski definition) is 0. The highest BCUT2D eigenvalue weighted by molar-refractivity contribution is 6.26. The van der Waals surface area contributed by atoms with E-state index in [-0.39, 0.29) is 5.41 Å². The Morgan fingerprint density at radius 1 is 0.294 bits per heavy atom. The molecule has 0 bridgehead atoms. The van der Waals surface area contributed by atoms with Crippen molar-refractivity contribution in [1.82, 2.24) is 0 Å². The first-order chi connectivity index (χ1) is 25.1. The number of hydrogen-bond donors (Lipinski definition) is 0. The third-order valence-electron chi connectivity index (χ3n) is 11.8. The molecular formula is C51H34. The summed E-state index contributed by atoms with van der Waals surface area (Å²) in [5, 5.41) is 7.80. The summed E-state index contributed by atoms with van der Waals surface area (Å²) < 4.78 is 0. The van der Waals surface area contributed by atoms with Crippen LogP contribution in [0.5, 0.6) is 0 Å². The van der Waals surface area contributed by atoms with E-state index in [9.17, 15) is 0 Å². The summed E-state index contributed by atoms with van der Waals surface area (Å²) in [6.07, 6.45) is 0. The zero-order valence-electron chi connectivity index (χ0n) is 28.7. The highest BCUT2D eigenvalue weighted by atomic mass is 14.4. The first-order valence-electron chi connectivity index (χ1n) is 18.0. The van der Waals surface area contributed by atoms with Gasteiger partial charge in [0.2, 0.25) is 0 Å². The third-order valence-corrected chi connectivity index (χ3v) is 11.8. The van der Waals surface area contributed by atoms with Crippen molar-refractivity contribution in [2.45, 2.75) is 19.3 Å². The molecule has 9 aromatic carbocycles. The Morgan fingerprint density at radius 2 is 0.843 bits per heavy atom. The molecule has 238 valence electrons. The van der Waals surface area contributed by atoms with Gasteiger partial charge in [0, 0.05) is 5.41 Å². The first-order valence-corrected chi connectivity index (χ1v) is 18.0. The van der Waals surface area contributed by atoms with Crippen molar-refractivity contribution in [1.29, 1.82) is 0 Å². The van der Waals surface area contributed by atoms with Crippen LogP contribution >= 0.6 is 0 Å². The smallest absolute Gasteiger partial charge is 0.0159 e. The zero-order valence-corrected chi connectivity index (χ0v) is 28.7. The summed E-state index contributed by atoms with van der Waals surface area (Å²) in [6, 6.07) is 63.7. The van der Waals surface area contributed by atoms with Gasteiger partial charge in [0.1, 0.15) is 0 Å². The molecule has 0 radical (unpaired) electrons. The summed E-state index contributed by atoms with van der Waals surface area (Å²) in [5.41, 5.74) is 18.4. The molecule has 0 fully saturated rings. The Balaban J connectivity index is 1.25. The van der Waals surface area contributed by atoms with Gasteiger partial charge in [-0.2, -0.15) is 0 Å². The Hall–Kier alpha value is -6.24. The van der Waals surface area contributed by atoms with Crippen LogP contribution in [0.2, 0.25) is 0 Å². The molecule has 0 atom stereocenters. The molecule has 11 rings (SSSR count). The van der Waals surface area contributed by atoms with Gasteiger partial charge in [0.25, 0.3) is 0 Å². The minimum Gasteiger partial charge on any atom is -0.0622 e. The summed E-state index contributed by atoms with van der Waals surface area (Å²) in [5.74, 6) is 0. The third kappa shape index (κ3) is 3.91. The van der Waals surface area contributed by atoms with E-state index >= 15 is 0 Å². The quantitative estimate of drug-likeness (QED) is 0.168. The Morgan fingerprint density at radius 3 is 1.65 bits per heavy atom. The lowest BCUT2D eigenvalue weighted by molar-refractivity contribution is 0.660. The molecule has 0 amide bonds. The van der Waals surface area contributed by atoms with E-state index in [2.05, 4.69) is 184 Å². The first kappa shape index (κ1) is 28.6. The van der Waals surface area contributed by atoms with Gasteiger partial charge in [-0.15, -0.1) is 0 Å². The second-order valence-corrected chi connectivity index (χ2v) is 14.8. The fraction of sp³-hybridized carbons (Fsp3) is 0.0588. The van der Waals surface area contributed by atoms with Crippen LogP contribution in [0.15, 0.2) is 170 Å². The van der Waals surface area contributed by atoms with E-state index in [1.54, 1.807) is 0 Å². The van der Waals surface area contributed by atoms with E-state index in [0.29, 0.717) is 0 Å². The van der Waals surface area contributed by atoms with Gasteiger partial charge in [0.05, 0.1) is 0 Å². The predicted octanol–water partition coefficient (Wildman–Crippen LogP) is 14.1. The monoisotopic (exact) mass is 646 g/mol. The molecule has 0 unspecified atom stereocenters. The van der Waals surface area contributed by atoms with E-state index < -0.39 is 0 Å².